The number of rotatable bonds is 7. The third kappa shape index (κ3) is 4.78. The molecule has 0 fully saturated rings. The second kappa shape index (κ2) is 8.57. The van der Waals surface area contributed by atoms with Gasteiger partial charge in [-0.25, -0.2) is 9.59 Å². The Kier molecular flexibility index (Phi) is 6.44. The predicted octanol–water partition coefficient (Wildman–Crippen LogP) is 2.53. The summed E-state index contributed by atoms with van der Waals surface area (Å²) >= 11 is 0. The second-order valence-electron chi connectivity index (χ2n) is 6.18. The Labute approximate surface area is 157 Å². The summed E-state index contributed by atoms with van der Waals surface area (Å²) in [5.41, 5.74) is 1.38. The van der Waals surface area contributed by atoms with E-state index in [0.29, 0.717) is 22.6 Å². The third-order valence-corrected chi connectivity index (χ3v) is 4.06. The zero-order valence-electron chi connectivity index (χ0n) is 16.2. The molecule has 1 amide bonds. The molecular formula is C19H24N2O6. The number of hydrogen-bond donors (Lipinski definition) is 1. The Morgan fingerprint density at radius 3 is 2.41 bits per heavy atom. The molecule has 2 heterocycles. The van der Waals surface area contributed by atoms with Gasteiger partial charge in [-0.1, -0.05) is 0 Å². The van der Waals surface area contributed by atoms with Gasteiger partial charge in [0.1, 0.15) is 17.2 Å². The van der Waals surface area contributed by atoms with Crippen LogP contribution in [0.2, 0.25) is 0 Å². The zero-order chi connectivity index (χ0) is 20.1. The van der Waals surface area contributed by atoms with E-state index in [1.165, 1.54) is 4.90 Å². The number of aromatic amines is 1. The first-order valence-corrected chi connectivity index (χ1v) is 8.57. The number of carbonyl (C=O) groups excluding carboxylic acids is 3. The fourth-order valence-electron chi connectivity index (χ4n) is 2.67. The lowest BCUT2D eigenvalue weighted by molar-refractivity contribution is -0.134. The number of aromatic nitrogens is 1. The fourth-order valence-corrected chi connectivity index (χ4v) is 2.67. The van der Waals surface area contributed by atoms with E-state index in [4.69, 9.17) is 13.9 Å². The van der Waals surface area contributed by atoms with E-state index in [-0.39, 0.29) is 24.8 Å². The molecule has 1 N–H and O–H groups in total. The van der Waals surface area contributed by atoms with Crippen LogP contribution in [0.1, 0.15) is 50.5 Å². The molecule has 0 aliphatic rings. The van der Waals surface area contributed by atoms with E-state index in [2.05, 4.69) is 4.98 Å². The molecule has 0 spiro atoms. The van der Waals surface area contributed by atoms with E-state index in [0.717, 1.165) is 5.76 Å². The van der Waals surface area contributed by atoms with Crippen molar-refractivity contribution in [2.75, 3.05) is 20.3 Å². The lowest BCUT2D eigenvalue weighted by Crippen LogP contribution is -2.30. The molecule has 2 aromatic rings. The number of hydrogen-bond acceptors (Lipinski definition) is 6. The topological polar surface area (TPSA) is 102 Å². The van der Waals surface area contributed by atoms with Gasteiger partial charge >= 0.3 is 11.9 Å². The minimum atomic E-state index is -0.707. The van der Waals surface area contributed by atoms with Crippen LogP contribution in [0.15, 0.2) is 16.5 Å². The van der Waals surface area contributed by atoms with Crippen molar-refractivity contribution in [3.05, 3.63) is 46.2 Å². The summed E-state index contributed by atoms with van der Waals surface area (Å²) in [6.07, 6.45) is 0. The SMILES string of the molecule is CCOC(=O)c1c(C)[nH]c(C(=O)OCC(=O)N(C)Cc2ccc(C)o2)c1C. The van der Waals surface area contributed by atoms with Crippen molar-refractivity contribution in [2.45, 2.75) is 34.2 Å². The number of carbonyl (C=O) groups is 3. The van der Waals surface area contributed by atoms with E-state index >= 15 is 0 Å². The van der Waals surface area contributed by atoms with Gasteiger partial charge in [0.2, 0.25) is 0 Å². The van der Waals surface area contributed by atoms with Crippen LogP contribution in [0, 0.1) is 20.8 Å². The molecule has 2 aromatic heterocycles. The molecule has 0 unspecified atom stereocenters. The quantitative estimate of drug-likeness (QED) is 0.745. The maximum absolute atomic E-state index is 12.3. The van der Waals surface area contributed by atoms with Gasteiger partial charge in [-0.3, -0.25) is 4.79 Å². The maximum atomic E-state index is 12.3. The van der Waals surface area contributed by atoms with E-state index in [1.54, 1.807) is 33.9 Å². The molecule has 0 aromatic carbocycles. The monoisotopic (exact) mass is 376 g/mol. The highest BCUT2D eigenvalue weighted by atomic mass is 16.5. The summed E-state index contributed by atoms with van der Waals surface area (Å²) < 4.78 is 15.5. The van der Waals surface area contributed by atoms with Crippen LogP contribution in [-0.2, 0) is 20.8 Å². The minimum Gasteiger partial charge on any atom is -0.464 e. The highest BCUT2D eigenvalue weighted by Crippen LogP contribution is 2.20. The largest absolute Gasteiger partial charge is 0.464 e. The first-order valence-electron chi connectivity index (χ1n) is 8.57. The van der Waals surface area contributed by atoms with Crippen molar-refractivity contribution in [2.24, 2.45) is 0 Å². The van der Waals surface area contributed by atoms with Crippen LogP contribution in [0.25, 0.3) is 0 Å². The normalized spacial score (nSPS) is 10.6. The predicted molar refractivity (Wildman–Crippen MR) is 96.4 cm³/mol. The molecule has 2 rings (SSSR count). The Bertz CT molecular complexity index is 849. The van der Waals surface area contributed by atoms with Crippen LogP contribution in [0.4, 0.5) is 0 Å². The first-order chi connectivity index (χ1) is 12.7. The third-order valence-electron chi connectivity index (χ3n) is 4.06. The van der Waals surface area contributed by atoms with Gasteiger partial charge in [-0.05, 0) is 45.4 Å². The molecule has 27 heavy (non-hydrogen) atoms. The molecule has 146 valence electrons. The Balaban J connectivity index is 1.98. The molecule has 0 aliphatic carbocycles. The van der Waals surface area contributed by atoms with Crippen molar-refractivity contribution in [1.82, 2.24) is 9.88 Å². The van der Waals surface area contributed by atoms with Crippen molar-refractivity contribution in [3.63, 3.8) is 0 Å². The Morgan fingerprint density at radius 1 is 1.11 bits per heavy atom. The van der Waals surface area contributed by atoms with E-state index < -0.39 is 18.5 Å². The summed E-state index contributed by atoms with van der Waals surface area (Å²) in [6, 6.07) is 3.60. The van der Waals surface area contributed by atoms with E-state index in [1.807, 2.05) is 13.0 Å². The van der Waals surface area contributed by atoms with Crippen molar-refractivity contribution in [3.8, 4) is 0 Å². The van der Waals surface area contributed by atoms with Crippen LogP contribution in [0.3, 0.4) is 0 Å². The molecule has 0 atom stereocenters. The average Bonchev–Trinajstić information content (AvgIpc) is 3.14. The Morgan fingerprint density at radius 2 is 1.81 bits per heavy atom. The number of aryl methyl sites for hydroxylation is 2. The van der Waals surface area contributed by atoms with Crippen LogP contribution in [-0.4, -0.2) is 48.0 Å². The van der Waals surface area contributed by atoms with Crippen LogP contribution >= 0.6 is 0 Å². The number of H-pyrrole nitrogens is 1. The average molecular weight is 376 g/mol. The molecule has 0 bridgehead atoms. The number of ether oxygens (including phenoxy) is 2. The summed E-state index contributed by atoms with van der Waals surface area (Å²) in [5, 5.41) is 0. The molecular weight excluding hydrogens is 352 g/mol. The summed E-state index contributed by atoms with van der Waals surface area (Å²) in [4.78, 5) is 40.7. The number of nitrogens with one attached hydrogen (secondary N) is 1. The first kappa shape index (κ1) is 20.3. The maximum Gasteiger partial charge on any atom is 0.355 e. The van der Waals surface area contributed by atoms with Gasteiger partial charge in [0, 0.05) is 12.7 Å². The minimum absolute atomic E-state index is 0.132. The van der Waals surface area contributed by atoms with Crippen LogP contribution < -0.4 is 0 Å². The lowest BCUT2D eigenvalue weighted by Gasteiger charge is -2.15. The molecule has 0 saturated heterocycles. The number of esters is 2. The van der Waals surface area contributed by atoms with Crippen LogP contribution in [0.5, 0.6) is 0 Å². The highest BCUT2D eigenvalue weighted by molar-refractivity contribution is 5.99. The van der Waals surface area contributed by atoms with E-state index in [9.17, 15) is 14.4 Å². The van der Waals surface area contributed by atoms with Crippen molar-refractivity contribution in [1.29, 1.82) is 0 Å². The number of furan rings is 1. The number of likely N-dealkylation sites (N-methyl/N-ethyl adjacent to an activating group) is 1. The van der Waals surface area contributed by atoms with Gasteiger partial charge in [0.25, 0.3) is 5.91 Å². The van der Waals surface area contributed by atoms with Gasteiger partial charge in [-0.2, -0.15) is 0 Å². The Hall–Kier alpha value is -3.03. The summed E-state index contributed by atoms with van der Waals surface area (Å²) in [6.45, 7) is 6.91. The van der Waals surface area contributed by atoms with Gasteiger partial charge in [0.05, 0.1) is 18.7 Å². The molecule has 0 saturated carbocycles. The summed E-state index contributed by atoms with van der Waals surface area (Å²) in [5.74, 6) is -0.185. The van der Waals surface area contributed by atoms with Gasteiger partial charge < -0.3 is 23.8 Å². The fraction of sp³-hybridized carbons (Fsp3) is 0.421. The molecule has 8 nitrogen and oxygen atoms in total. The number of nitrogens with zero attached hydrogens (tertiary/aromatic N) is 1. The molecule has 0 radical (unpaired) electrons. The molecule has 8 heteroatoms. The zero-order valence-corrected chi connectivity index (χ0v) is 16.2. The smallest absolute Gasteiger partial charge is 0.355 e. The second-order valence-corrected chi connectivity index (χ2v) is 6.18. The highest BCUT2D eigenvalue weighted by Gasteiger charge is 2.24. The summed E-state index contributed by atoms with van der Waals surface area (Å²) in [7, 11) is 1.59. The molecule has 0 aliphatic heterocycles. The van der Waals surface area contributed by atoms with Crippen molar-refractivity contribution >= 4 is 17.8 Å². The van der Waals surface area contributed by atoms with Gasteiger partial charge in [0.15, 0.2) is 6.61 Å². The lowest BCUT2D eigenvalue weighted by atomic mass is 10.1. The number of amides is 1. The van der Waals surface area contributed by atoms with Crippen molar-refractivity contribution < 1.29 is 28.3 Å². The standard InChI is InChI=1S/C19H24N2O6/c1-6-25-18(23)16-12(3)17(20-13(16)4)19(24)26-10-15(22)21(5)9-14-8-7-11(2)27-14/h7-8,20H,6,9-10H2,1-5H3. The van der Waals surface area contributed by atoms with Gasteiger partial charge in [-0.15, -0.1) is 0 Å².